The maximum Gasteiger partial charge on any atom is 0.194 e. The highest BCUT2D eigenvalue weighted by molar-refractivity contribution is 5.80. The predicted octanol–water partition coefficient (Wildman–Crippen LogP) is 3.07. The Balaban J connectivity index is 1.87. The minimum Gasteiger partial charge on any atom is -0.359 e. The molecule has 124 valence electrons. The average molecular weight is 306 g/mol. The van der Waals surface area contributed by atoms with E-state index in [1.165, 1.54) is 19.3 Å². The van der Waals surface area contributed by atoms with Gasteiger partial charge in [-0.3, -0.25) is 4.99 Å². The van der Waals surface area contributed by atoms with Crippen molar-refractivity contribution in [2.24, 2.45) is 16.8 Å². The molecule has 0 spiro atoms. The summed E-state index contributed by atoms with van der Waals surface area (Å²) in [6.45, 7) is 9.54. The Labute approximate surface area is 134 Å². The van der Waals surface area contributed by atoms with Gasteiger partial charge in [-0.25, -0.2) is 0 Å². The van der Waals surface area contributed by atoms with Gasteiger partial charge in [-0.1, -0.05) is 38.8 Å². The van der Waals surface area contributed by atoms with E-state index in [0.29, 0.717) is 6.54 Å². The first-order valence-corrected chi connectivity index (χ1v) is 8.61. The third kappa shape index (κ3) is 4.02. The first-order chi connectivity index (χ1) is 10.7. The molecule has 0 aliphatic carbocycles. The van der Waals surface area contributed by atoms with Gasteiger partial charge in [0.1, 0.15) is 0 Å². The van der Waals surface area contributed by atoms with Gasteiger partial charge in [-0.2, -0.15) is 0 Å². The summed E-state index contributed by atoms with van der Waals surface area (Å²) < 4.78 is 5.32. The molecule has 0 bridgehead atoms. The molecule has 2 rings (SSSR count). The van der Waals surface area contributed by atoms with Crippen LogP contribution in [0.2, 0.25) is 0 Å². The second kappa shape index (κ2) is 8.20. The molecule has 1 fully saturated rings. The zero-order valence-corrected chi connectivity index (χ0v) is 14.4. The summed E-state index contributed by atoms with van der Waals surface area (Å²) in [5.74, 6) is 3.48. The van der Waals surface area contributed by atoms with Crippen LogP contribution in [0.3, 0.4) is 0 Å². The monoisotopic (exact) mass is 306 g/mol. The van der Waals surface area contributed by atoms with Crippen molar-refractivity contribution in [2.75, 3.05) is 20.1 Å². The number of aromatic nitrogens is 1. The summed E-state index contributed by atoms with van der Waals surface area (Å²) in [7, 11) is 1.85. The van der Waals surface area contributed by atoms with E-state index in [0.717, 1.165) is 48.8 Å². The number of guanidine groups is 1. The normalized spacial score (nSPS) is 19.2. The SMILES string of the molecule is CCc1cc(CNC(=NC)N2CCC(C(CC)CC)C2)on1. The molecule has 0 saturated carbocycles. The van der Waals surface area contributed by atoms with Gasteiger partial charge in [0.05, 0.1) is 12.2 Å². The third-order valence-corrected chi connectivity index (χ3v) is 4.84. The van der Waals surface area contributed by atoms with Crippen LogP contribution in [-0.2, 0) is 13.0 Å². The van der Waals surface area contributed by atoms with E-state index >= 15 is 0 Å². The number of nitrogens with zero attached hydrogens (tertiary/aromatic N) is 3. The zero-order valence-electron chi connectivity index (χ0n) is 14.4. The fourth-order valence-corrected chi connectivity index (χ4v) is 3.42. The summed E-state index contributed by atoms with van der Waals surface area (Å²) in [5, 5.41) is 7.43. The molecule has 1 saturated heterocycles. The molecule has 1 unspecified atom stereocenters. The molecule has 1 N–H and O–H groups in total. The minimum atomic E-state index is 0.645. The summed E-state index contributed by atoms with van der Waals surface area (Å²) in [5.41, 5.74) is 1.00. The van der Waals surface area contributed by atoms with Crippen molar-refractivity contribution in [3.63, 3.8) is 0 Å². The Bertz CT molecular complexity index is 479. The van der Waals surface area contributed by atoms with Gasteiger partial charge in [0, 0.05) is 26.2 Å². The van der Waals surface area contributed by atoms with Crippen molar-refractivity contribution in [2.45, 2.75) is 53.0 Å². The molecule has 1 aromatic rings. The van der Waals surface area contributed by atoms with Gasteiger partial charge in [-0.05, 0) is 24.7 Å². The Morgan fingerprint density at radius 3 is 2.82 bits per heavy atom. The van der Waals surface area contributed by atoms with Crippen LogP contribution in [-0.4, -0.2) is 36.2 Å². The molecule has 1 aromatic heterocycles. The highest BCUT2D eigenvalue weighted by Gasteiger charge is 2.29. The van der Waals surface area contributed by atoms with Crippen molar-refractivity contribution in [1.29, 1.82) is 0 Å². The lowest BCUT2D eigenvalue weighted by atomic mass is 9.87. The smallest absolute Gasteiger partial charge is 0.194 e. The van der Waals surface area contributed by atoms with Crippen molar-refractivity contribution in [3.8, 4) is 0 Å². The largest absolute Gasteiger partial charge is 0.359 e. The zero-order chi connectivity index (χ0) is 15.9. The average Bonchev–Trinajstić information content (AvgIpc) is 3.19. The molecule has 1 aliphatic heterocycles. The van der Waals surface area contributed by atoms with Gasteiger partial charge in [0.25, 0.3) is 0 Å². The Hall–Kier alpha value is -1.52. The lowest BCUT2D eigenvalue weighted by Crippen LogP contribution is -2.40. The van der Waals surface area contributed by atoms with Crippen LogP contribution in [0.5, 0.6) is 0 Å². The standard InChI is InChI=1S/C17H30N4O/c1-5-13(6-2)14-8-9-21(12-14)17(18-4)19-11-16-10-15(7-3)20-22-16/h10,13-14H,5-9,11-12H2,1-4H3,(H,18,19). The van der Waals surface area contributed by atoms with Crippen LogP contribution >= 0.6 is 0 Å². The van der Waals surface area contributed by atoms with E-state index in [2.05, 4.69) is 41.1 Å². The number of likely N-dealkylation sites (tertiary alicyclic amines) is 1. The van der Waals surface area contributed by atoms with Crippen LogP contribution in [0, 0.1) is 11.8 Å². The van der Waals surface area contributed by atoms with Gasteiger partial charge in [-0.15, -0.1) is 0 Å². The number of aryl methyl sites for hydroxylation is 1. The molecule has 5 nitrogen and oxygen atoms in total. The van der Waals surface area contributed by atoms with Gasteiger partial charge >= 0.3 is 0 Å². The summed E-state index contributed by atoms with van der Waals surface area (Å²) >= 11 is 0. The maximum absolute atomic E-state index is 5.32. The van der Waals surface area contributed by atoms with Crippen LogP contribution in [0.4, 0.5) is 0 Å². The molecule has 0 amide bonds. The molecule has 0 radical (unpaired) electrons. The van der Waals surface area contributed by atoms with Crippen LogP contribution in [0.15, 0.2) is 15.6 Å². The van der Waals surface area contributed by atoms with Crippen molar-refractivity contribution in [3.05, 3.63) is 17.5 Å². The molecule has 5 heteroatoms. The lowest BCUT2D eigenvalue weighted by molar-refractivity contribution is 0.318. The summed E-state index contributed by atoms with van der Waals surface area (Å²) in [6, 6.07) is 2.01. The van der Waals surface area contributed by atoms with Gasteiger partial charge in [0.15, 0.2) is 11.7 Å². The second-order valence-electron chi connectivity index (χ2n) is 6.11. The topological polar surface area (TPSA) is 53.7 Å². The van der Waals surface area contributed by atoms with Crippen LogP contribution in [0.25, 0.3) is 0 Å². The molecule has 0 aromatic carbocycles. The van der Waals surface area contributed by atoms with E-state index in [-0.39, 0.29) is 0 Å². The molecular weight excluding hydrogens is 276 g/mol. The van der Waals surface area contributed by atoms with Crippen molar-refractivity contribution < 1.29 is 4.52 Å². The first kappa shape index (κ1) is 16.8. The maximum atomic E-state index is 5.32. The fraction of sp³-hybridized carbons (Fsp3) is 0.765. The minimum absolute atomic E-state index is 0.645. The third-order valence-electron chi connectivity index (χ3n) is 4.84. The summed E-state index contributed by atoms with van der Waals surface area (Å²) in [4.78, 5) is 6.80. The van der Waals surface area contributed by atoms with Crippen molar-refractivity contribution in [1.82, 2.24) is 15.4 Å². The lowest BCUT2D eigenvalue weighted by Gasteiger charge is -2.24. The highest BCUT2D eigenvalue weighted by atomic mass is 16.5. The van der Waals surface area contributed by atoms with E-state index in [9.17, 15) is 0 Å². The van der Waals surface area contributed by atoms with E-state index in [1.54, 1.807) is 0 Å². The molecule has 1 atom stereocenters. The number of aliphatic imine (C=N–C) groups is 1. The molecular formula is C17H30N4O. The molecule has 22 heavy (non-hydrogen) atoms. The van der Waals surface area contributed by atoms with E-state index < -0.39 is 0 Å². The highest BCUT2D eigenvalue weighted by Crippen LogP contribution is 2.28. The van der Waals surface area contributed by atoms with Crippen LogP contribution < -0.4 is 5.32 Å². The summed E-state index contributed by atoms with van der Waals surface area (Å²) in [6.07, 6.45) is 4.73. The fourth-order valence-electron chi connectivity index (χ4n) is 3.42. The number of nitrogens with one attached hydrogen (secondary N) is 1. The second-order valence-corrected chi connectivity index (χ2v) is 6.11. The van der Waals surface area contributed by atoms with E-state index in [4.69, 9.17) is 4.52 Å². The Morgan fingerprint density at radius 1 is 1.45 bits per heavy atom. The van der Waals surface area contributed by atoms with E-state index in [1.807, 2.05) is 13.1 Å². The predicted molar refractivity (Wildman–Crippen MR) is 89.8 cm³/mol. The number of hydrogen-bond donors (Lipinski definition) is 1. The van der Waals surface area contributed by atoms with Crippen molar-refractivity contribution >= 4 is 5.96 Å². The Kier molecular flexibility index (Phi) is 6.28. The van der Waals surface area contributed by atoms with Crippen LogP contribution in [0.1, 0.15) is 51.5 Å². The first-order valence-electron chi connectivity index (χ1n) is 8.61. The Morgan fingerprint density at radius 2 is 2.23 bits per heavy atom. The van der Waals surface area contributed by atoms with Gasteiger partial charge in [0.2, 0.25) is 0 Å². The number of hydrogen-bond acceptors (Lipinski definition) is 3. The quantitative estimate of drug-likeness (QED) is 0.648. The number of rotatable bonds is 6. The molecule has 2 heterocycles. The molecule has 1 aliphatic rings. The van der Waals surface area contributed by atoms with Gasteiger partial charge < -0.3 is 14.7 Å².